The van der Waals surface area contributed by atoms with E-state index in [9.17, 15) is 8.42 Å². The average molecular weight is 350 g/mol. The lowest BCUT2D eigenvalue weighted by molar-refractivity contribution is 0.211. The second-order valence-corrected chi connectivity index (χ2v) is 8.12. The van der Waals surface area contributed by atoms with Crippen molar-refractivity contribution in [2.45, 2.75) is 39.9 Å². The molecule has 0 radical (unpaired) electrons. The van der Waals surface area contributed by atoms with Gasteiger partial charge in [0.2, 0.25) is 0 Å². The van der Waals surface area contributed by atoms with Gasteiger partial charge in [0, 0.05) is 25.7 Å². The standard InChI is InChI=1S/C12H20BrN3O2S/c1-4-16-11(12(13)10(3)14-16)7-15-5-6-19(17,18)8-9(15)2/h9H,4-8H2,1-3H3. The van der Waals surface area contributed by atoms with E-state index in [0.717, 1.165) is 29.0 Å². The van der Waals surface area contributed by atoms with Crippen LogP contribution in [-0.4, -0.2) is 47.2 Å². The molecule has 1 aromatic heterocycles. The maximum atomic E-state index is 11.6. The summed E-state index contributed by atoms with van der Waals surface area (Å²) in [5, 5.41) is 4.47. The SMILES string of the molecule is CCn1nc(C)c(Br)c1CN1CCS(=O)(=O)CC1C. The Morgan fingerprint density at radius 1 is 1.47 bits per heavy atom. The van der Waals surface area contributed by atoms with Gasteiger partial charge in [-0.25, -0.2) is 8.42 Å². The van der Waals surface area contributed by atoms with Gasteiger partial charge in [0.25, 0.3) is 0 Å². The summed E-state index contributed by atoms with van der Waals surface area (Å²) in [7, 11) is -2.85. The molecule has 0 aliphatic carbocycles. The Bertz CT molecular complexity index is 568. The molecule has 1 aromatic rings. The van der Waals surface area contributed by atoms with Gasteiger partial charge in [0.05, 0.1) is 27.4 Å². The van der Waals surface area contributed by atoms with Crippen LogP contribution in [0.15, 0.2) is 4.47 Å². The van der Waals surface area contributed by atoms with Gasteiger partial charge in [-0.2, -0.15) is 5.10 Å². The van der Waals surface area contributed by atoms with Gasteiger partial charge in [0.1, 0.15) is 0 Å². The third kappa shape index (κ3) is 3.20. The molecule has 108 valence electrons. The minimum Gasteiger partial charge on any atom is -0.293 e. The molecule has 1 atom stereocenters. The Hall–Kier alpha value is -0.400. The van der Waals surface area contributed by atoms with E-state index < -0.39 is 9.84 Å². The van der Waals surface area contributed by atoms with E-state index in [4.69, 9.17) is 0 Å². The monoisotopic (exact) mass is 349 g/mol. The van der Waals surface area contributed by atoms with E-state index >= 15 is 0 Å². The number of hydrogen-bond acceptors (Lipinski definition) is 4. The van der Waals surface area contributed by atoms with Crippen LogP contribution in [0, 0.1) is 6.92 Å². The fourth-order valence-corrected chi connectivity index (χ4v) is 4.51. The average Bonchev–Trinajstić information content (AvgIpc) is 2.59. The summed E-state index contributed by atoms with van der Waals surface area (Å²) in [5.41, 5.74) is 2.11. The van der Waals surface area contributed by atoms with Gasteiger partial charge in [-0.1, -0.05) is 0 Å². The van der Waals surface area contributed by atoms with Crippen molar-refractivity contribution >= 4 is 25.8 Å². The van der Waals surface area contributed by atoms with Crippen molar-refractivity contribution in [3.63, 3.8) is 0 Å². The van der Waals surface area contributed by atoms with Crippen LogP contribution < -0.4 is 0 Å². The Labute approximate surface area is 123 Å². The van der Waals surface area contributed by atoms with Crippen molar-refractivity contribution < 1.29 is 8.42 Å². The molecule has 0 saturated carbocycles. The van der Waals surface area contributed by atoms with Crippen LogP contribution in [0.3, 0.4) is 0 Å². The molecule has 0 aromatic carbocycles. The number of halogens is 1. The summed E-state index contributed by atoms with van der Waals surface area (Å²) in [4.78, 5) is 2.22. The first-order valence-electron chi connectivity index (χ1n) is 6.50. The molecule has 19 heavy (non-hydrogen) atoms. The van der Waals surface area contributed by atoms with Crippen molar-refractivity contribution in [3.05, 3.63) is 15.9 Å². The highest BCUT2D eigenvalue weighted by Crippen LogP contribution is 2.24. The zero-order valence-corrected chi connectivity index (χ0v) is 14.0. The van der Waals surface area contributed by atoms with E-state index in [0.29, 0.717) is 6.54 Å². The molecular formula is C12H20BrN3O2S. The lowest BCUT2D eigenvalue weighted by Crippen LogP contribution is -2.46. The van der Waals surface area contributed by atoms with Crippen molar-refractivity contribution in [2.75, 3.05) is 18.1 Å². The lowest BCUT2D eigenvalue weighted by atomic mass is 10.2. The van der Waals surface area contributed by atoms with E-state index in [-0.39, 0.29) is 17.5 Å². The number of sulfone groups is 1. The molecule has 0 bridgehead atoms. The number of rotatable bonds is 3. The van der Waals surface area contributed by atoms with Gasteiger partial charge in [0.15, 0.2) is 9.84 Å². The summed E-state index contributed by atoms with van der Waals surface area (Å²) in [6, 6.07) is 0.0613. The summed E-state index contributed by atoms with van der Waals surface area (Å²) < 4.78 is 26.2. The molecule has 1 aliphatic rings. The molecule has 1 fully saturated rings. The van der Waals surface area contributed by atoms with Gasteiger partial charge in [-0.15, -0.1) is 0 Å². The highest BCUT2D eigenvalue weighted by Gasteiger charge is 2.29. The van der Waals surface area contributed by atoms with Crippen LogP contribution in [0.4, 0.5) is 0 Å². The fourth-order valence-electron chi connectivity index (χ4n) is 2.48. The minimum atomic E-state index is -2.85. The van der Waals surface area contributed by atoms with E-state index in [1.54, 1.807) is 0 Å². The van der Waals surface area contributed by atoms with E-state index in [1.807, 2.05) is 18.5 Å². The third-order valence-corrected chi connectivity index (χ3v) is 6.44. The fraction of sp³-hybridized carbons (Fsp3) is 0.750. The van der Waals surface area contributed by atoms with E-state index in [2.05, 4.69) is 32.9 Å². The Morgan fingerprint density at radius 2 is 2.16 bits per heavy atom. The molecule has 2 rings (SSSR count). The van der Waals surface area contributed by atoms with Crippen molar-refractivity contribution in [2.24, 2.45) is 0 Å². The number of aryl methyl sites for hydroxylation is 2. The first-order valence-corrected chi connectivity index (χ1v) is 9.11. The quantitative estimate of drug-likeness (QED) is 0.831. The summed E-state index contributed by atoms with van der Waals surface area (Å²) in [6.45, 7) is 8.18. The molecule has 1 saturated heterocycles. The molecule has 0 N–H and O–H groups in total. The van der Waals surface area contributed by atoms with Crippen LogP contribution in [0.25, 0.3) is 0 Å². The summed E-state index contributed by atoms with van der Waals surface area (Å²) >= 11 is 3.58. The van der Waals surface area contributed by atoms with Gasteiger partial charge in [-0.3, -0.25) is 9.58 Å². The molecule has 1 unspecified atom stereocenters. The smallest absolute Gasteiger partial charge is 0.153 e. The topological polar surface area (TPSA) is 55.2 Å². The number of nitrogens with zero attached hydrogens (tertiary/aromatic N) is 3. The van der Waals surface area contributed by atoms with Crippen LogP contribution in [0.1, 0.15) is 25.2 Å². The van der Waals surface area contributed by atoms with Crippen molar-refractivity contribution in [1.82, 2.24) is 14.7 Å². The highest BCUT2D eigenvalue weighted by atomic mass is 79.9. The van der Waals surface area contributed by atoms with Crippen LogP contribution in [0.2, 0.25) is 0 Å². The molecular weight excluding hydrogens is 330 g/mol. The van der Waals surface area contributed by atoms with Crippen molar-refractivity contribution in [1.29, 1.82) is 0 Å². The first-order chi connectivity index (χ1) is 8.84. The molecule has 5 nitrogen and oxygen atoms in total. The summed E-state index contributed by atoms with van der Waals surface area (Å²) in [6.07, 6.45) is 0. The van der Waals surface area contributed by atoms with Crippen LogP contribution >= 0.6 is 15.9 Å². The Morgan fingerprint density at radius 3 is 2.74 bits per heavy atom. The number of aromatic nitrogens is 2. The second-order valence-electron chi connectivity index (χ2n) is 5.10. The zero-order chi connectivity index (χ0) is 14.2. The first kappa shape index (κ1) is 15.0. The second kappa shape index (κ2) is 5.54. The van der Waals surface area contributed by atoms with Crippen LogP contribution in [0.5, 0.6) is 0 Å². The predicted octanol–water partition coefficient (Wildman–Crippen LogP) is 1.59. The maximum absolute atomic E-state index is 11.6. The highest BCUT2D eigenvalue weighted by molar-refractivity contribution is 9.10. The van der Waals surface area contributed by atoms with Gasteiger partial charge >= 0.3 is 0 Å². The van der Waals surface area contributed by atoms with Crippen LogP contribution in [-0.2, 0) is 22.9 Å². The minimum absolute atomic E-state index is 0.0613. The largest absolute Gasteiger partial charge is 0.293 e. The van der Waals surface area contributed by atoms with Crippen molar-refractivity contribution in [3.8, 4) is 0 Å². The number of hydrogen-bond donors (Lipinski definition) is 0. The van der Waals surface area contributed by atoms with Gasteiger partial charge in [-0.05, 0) is 36.7 Å². The zero-order valence-electron chi connectivity index (χ0n) is 11.6. The molecule has 0 amide bonds. The Balaban J connectivity index is 2.18. The molecule has 7 heteroatoms. The van der Waals surface area contributed by atoms with E-state index in [1.165, 1.54) is 0 Å². The maximum Gasteiger partial charge on any atom is 0.153 e. The molecule has 2 heterocycles. The third-order valence-electron chi connectivity index (χ3n) is 3.61. The van der Waals surface area contributed by atoms with Gasteiger partial charge < -0.3 is 0 Å². The molecule has 0 spiro atoms. The summed E-state index contributed by atoms with van der Waals surface area (Å²) in [5.74, 6) is 0.512. The predicted molar refractivity (Wildman–Crippen MR) is 78.9 cm³/mol. The Kier molecular flexibility index (Phi) is 4.37. The molecule has 1 aliphatic heterocycles. The lowest BCUT2D eigenvalue weighted by Gasteiger charge is -2.33. The normalized spacial score (nSPS) is 23.7.